The van der Waals surface area contributed by atoms with Crippen LogP contribution in [0.2, 0.25) is 0 Å². The summed E-state index contributed by atoms with van der Waals surface area (Å²) in [4.78, 5) is 2.55. The number of aliphatic hydroxyl groups is 1. The summed E-state index contributed by atoms with van der Waals surface area (Å²) in [6.07, 6.45) is 0.889. The standard InChI is InChI=1S/C19H21NO/c21-11-10-19-14-20(12-15-6-2-1-3-7-15)13-18(19)16-8-4-5-9-17(16)19/h1-9,18,21H,10-14H2/t18-,19+/m1/s1. The Morgan fingerprint density at radius 3 is 2.62 bits per heavy atom. The minimum atomic E-state index is 0.195. The molecule has 2 nitrogen and oxygen atoms in total. The summed E-state index contributed by atoms with van der Waals surface area (Å²) in [5.41, 5.74) is 4.54. The number of hydrogen-bond acceptors (Lipinski definition) is 2. The molecule has 1 heterocycles. The summed E-state index contributed by atoms with van der Waals surface area (Å²) in [5, 5.41) is 9.53. The van der Waals surface area contributed by atoms with Crippen molar-refractivity contribution in [2.24, 2.45) is 0 Å². The van der Waals surface area contributed by atoms with E-state index in [2.05, 4.69) is 59.5 Å². The predicted octanol–water partition coefficient (Wildman–Crippen LogP) is 2.92. The van der Waals surface area contributed by atoms with Gasteiger partial charge in [0.25, 0.3) is 0 Å². The Bertz CT molecular complexity index is 639. The summed E-state index contributed by atoms with van der Waals surface area (Å²) in [7, 11) is 0. The van der Waals surface area contributed by atoms with Crippen LogP contribution in [0.25, 0.3) is 0 Å². The molecule has 2 aromatic carbocycles. The van der Waals surface area contributed by atoms with Crippen molar-refractivity contribution in [3.05, 3.63) is 71.3 Å². The molecule has 2 aliphatic rings. The number of likely N-dealkylation sites (tertiary alicyclic amines) is 1. The molecule has 0 radical (unpaired) electrons. The molecule has 21 heavy (non-hydrogen) atoms. The molecule has 4 rings (SSSR count). The predicted molar refractivity (Wildman–Crippen MR) is 84.3 cm³/mol. The van der Waals surface area contributed by atoms with Crippen LogP contribution in [0.1, 0.15) is 29.0 Å². The SMILES string of the molecule is OCC[C@@]12CN(Cc3ccccc3)C[C@@H]1c1ccccc12. The molecule has 0 aromatic heterocycles. The van der Waals surface area contributed by atoms with Gasteiger partial charge in [-0.2, -0.15) is 0 Å². The number of rotatable bonds is 4. The van der Waals surface area contributed by atoms with Gasteiger partial charge in [0.05, 0.1) is 0 Å². The highest BCUT2D eigenvalue weighted by molar-refractivity contribution is 5.52. The fourth-order valence-corrected chi connectivity index (χ4v) is 4.40. The smallest absolute Gasteiger partial charge is 0.0440 e. The van der Waals surface area contributed by atoms with E-state index >= 15 is 0 Å². The van der Waals surface area contributed by atoms with Crippen molar-refractivity contribution in [1.82, 2.24) is 4.90 Å². The van der Waals surface area contributed by atoms with Crippen LogP contribution in [0.15, 0.2) is 54.6 Å². The molecule has 2 heteroatoms. The van der Waals surface area contributed by atoms with Gasteiger partial charge in [0.15, 0.2) is 0 Å². The van der Waals surface area contributed by atoms with Crippen molar-refractivity contribution < 1.29 is 5.11 Å². The zero-order valence-electron chi connectivity index (χ0n) is 12.2. The number of hydrogen-bond donors (Lipinski definition) is 1. The minimum absolute atomic E-state index is 0.195. The molecule has 1 aliphatic heterocycles. The first-order valence-electron chi connectivity index (χ1n) is 7.80. The van der Waals surface area contributed by atoms with Crippen LogP contribution < -0.4 is 0 Å². The molecule has 0 saturated carbocycles. The lowest BCUT2D eigenvalue weighted by Crippen LogP contribution is -2.44. The van der Waals surface area contributed by atoms with Gasteiger partial charge in [0.1, 0.15) is 0 Å². The maximum absolute atomic E-state index is 9.53. The highest BCUT2D eigenvalue weighted by Crippen LogP contribution is 2.57. The Hall–Kier alpha value is -1.64. The maximum atomic E-state index is 9.53. The normalized spacial score (nSPS) is 27.0. The van der Waals surface area contributed by atoms with E-state index in [1.54, 1.807) is 0 Å². The maximum Gasteiger partial charge on any atom is 0.0440 e. The Kier molecular flexibility index (Phi) is 3.09. The molecule has 1 N–H and O–H groups in total. The Morgan fingerprint density at radius 1 is 1.05 bits per heavy atom. The van der Waals surface area contributed by atoms with Gasteiger partial charge in [-0.25, -0.2) is 0 Å². The van der Waals surface area contributed by atoms with Crippen LogP contribution in [0.5, 0.6) is 0 Å². The van der Waals surface area contributed by atoms with Crippen molar-refractivity contribution in [2.75, 3.05) is 19.7 Å². The number of nitrogens with zero attached hydrogens (tertiary/aromatic N) is 1. The van der Waals surface area contributed by atoms with E-state index in [0.717, 1.165) is 26.1 Å². The van der Waals surface area contributed by atoms with Gasteiger partial charge < -0.3 is 5.11 Å². The van der Waals surface area contributed by atoms with Gasteiger partial charge in [-0.1, -0.05) is 54.6 Å². The van der Waals surface area contributed by atoms with E-state index in [1.807, 2.05) is 0 Å². The van der Waals surface area contributed by atoms with E-state index in [9.17, 15) is 5.11 Å². The third-order valence-corrected chi connectivity index (χ3v) is 5.29. The number of aliphatic hydroxyl groups excluding tert-OH is 1. The highest BCUT2D eigenvalue weighted by Gasteiger charge is 2.55. The van der Waals surface area contributed by atoms with Gasteiger partial charge in [-0.3, -0.25) is 4.90 Å². The van der Waals surface area contributed by atoms with E-state index in [1.165, 1.54) is 16.7 Å². The van der Waals surface area contributed by atoms with E-state index in [0.29, 0.717) is 5.92 Å². The fraction of sp³-hybridized carbons (Fsp3) is 0.368. The molecule has 1 saturated heterocycles. The molecule has 0 unspecified atom stereocenters. The first-order valence-corrected chi connectivity index (χ1v) is 7.80. The van der Waals surface area contributed by atoms with Gasteiger partial charge in [-0.05, 0) is 23.1 Å². The summed E-state index contributed by atoms with van der Waals surface area (Å²) in [5.74, 6) is 0.601. The monoisotopic (exact) mass is 279 g/mol. The van der Waals surface area contributed by atoms with Crippen LogP contribution in [0.3, 0.4) is 0 Å². The average Bonchev–Trinajstić information content (AvgIpc) is 2.82. The molecule has 2 aromatic rings. The molecule has 0 bridgehead atoms. The third kappa shape index (κ3) is 1.94. The Labute approximate surface area is 126 Å². The second kappa shape index (κ2) is 4.97. The van der Waals surface area contributed by atoms with E-state index in [-0.39, 0.29) is 12.0 Å². The lowest BCUT2D eigenvalue weighted by atomic mass is 9.56. The van der Waals surface area contributed by atoms with Crippen molar-refractivity contribution >= 4 is 0 Å². The second-order valence-corrected chi connectivity index (χ2v) is 6.42. The van der Waals surface area contributed by atoms with Crippen LogP contribution in [0, 0.1) is 0 Å². The summed E-state index contributed by atoms with van der Waals surface area (Å²) >= 11 is 0. The molecule has 1 aliphatic carbocycles. The van der Waals surface area contributed by atoms with Crippen LogP contribution in [0.4, 0.5) is 0 Å². The molecule has 108 valence electrons. The van der Waals surface area contributed by atoms with Crippen LogP contribution in [-0.4, -0.2) is 29.7 Å². The van der Waals surface area contributed by atoms with Gasteiger partial charge in [0.2, 0.25) is 0 Å². The van der Waals surface area contributed by atoms with Gasteiger partial charge >= 0.3 is 0 Å². The average molecular weight is 279 g/mol. The van der Waals surface area contributed by atoms with Crippen molar-refractivity contribution in [3.8, 4) is 0 Å². The zero-order valence-corrected chi connectivity index (χ0v) is 12.2. The van der Waals surface area contributed by atoms with E-state index in [4.69, 9.17) is 0 Å². The largest absolute Gasteiger partial charge is 0.396 e. The molecular formula is C19H21NO. The third-order valence-electron chi connectivity index (χ3n) is 5.29. The number of fused-ring (bicyclic) bond motifs is 4. The number of benzene rings is 2. The molecule has 0 spiro atoms. The van der Waals surface area contributed by atoms with E-state index < -0.39 is 0 Å². The molecule has 1 fully saturated rings. The summed E-state index contributed by atoms with van der Waals surface area (Å²) in [6, 6.07) is 19.5. The van der Waals surface area contributed by atoms with Crippen LogP contribution >= 0.6 is 0 Å². The first-order chi connectivity index (χ1) is 10.3. The van der Waals surface area contributed by atoms with Gasteiger partial charge in [-0.15, -0.1) is 0 Å². The molecule has 2 atom stereocenters. The topological polar surface area (TPSA) is 23.5 Å². The van der Waals surface area contributed by atoms with Crippen molar-refractivity contribution in [2.45, 2.75) is 24.3 Å². The minimum Gasteiger partial charge on any atom is -0.396 e. The Morgan fingerprint density at radius 2 is 1.81 bits per heavy atom. The summed E-state index contributed by atoms with van der Waals surface area (Å²) < 4.78 is 0. The Balaban J connectivity index is 1.59. The molecular weight excluding hydrogens is 258 g/mol. The van der Waals surface area contributed by atoms with Crippen LogP contribution in [-0.2, 0) is 12.0 Å². The van der Waals surface area contributed by atoms with Crippen molar-refractivity contribution in [1.29, 1.82) is 0 Å². The highest BCUT2D eigenvalue weighted by atomic mass is 16.3. The van der Waals surface area contributed by atoms with Crippen molar-refractivity contribution in [3.63, 3.8) is 0 Å². The lowest BCUT2D eigenvalue weighted by Gasteiger charge is -2.46. The molecule has 0 amide bonds. The zero-order chi connectivity index (χ0) is 14.3. The second-order valence-electron chi connectivity index (χ2n) is 6.42. The lowest BCUT2D eigenvalue weighted by molar-refractivity contribution is 0.208. The first kappa shape index (κ1) is 13.1. The summed E-state index contributed by atoms with van der Waals surface area (Å²) in [6.45, 7) is 3.48. The fourth-order valence-electron chi connectivity index (χ4n) is 4.40. The van der Waals surface area contributed by atoms with Gasteiger partial charge in [0, 0.05) is 37.6 Å². The quantitative estimate of drug-likeness (QED) is 0.930.